The summed E-state index contributed by atoms with van der Waals surface area (Å²) in [4.78, 5) is 29.3. The highest BCUT2D eigenvalue weighted by molar-refractivity contribution is 5.92. The van der Waals surface area contributed by atoms with E-state index in [2.05, 4.69) is 24.3 Å². The topological polar surface area (TPSA) is 92.7 Å². The number of nitrogens with two attached hydrogens (primary N) is 2. The molecule has 196 valence electrons. The summed E-state index contributed by atoms with van der Waals surface area (Å²) in [6, 6.07) is 20.2. The highest BCUT2D eigenvalue weighted by atomic mass is 16.2. The third-order valence-electron chi connectivity index (χ3n) is 8.22. The molecule has 4 atom stereocenters. The van der Waals surface area contributed by atoms with Crippen molar-refractivity contribution in [3.8, 4) is 0 Å². The number of carbonyl (C=O) groups is 2. The summed E-state index contributed by atoms with van der Waals surface area (Å²) in [5, 5.41) is 0. The van der Waals surface area contributed by atoms with Gasteiger partial charge in [0.05, 0.1) is 10.8 Å². The molecule has 0 heterocycles. The van der Waals surface area contributed by atoms with Crippen LogP contribution in [0, 0.1) is 11.8 Å². The Hall–Kier alpha value is -2.70. The maximum absolute atomic E-state index is 12.7. The van der Waals surface area contributed by atoms with Crippen LogP contribution in [0.25, 0.3) is 0 Å². The Labute approximate surface area is 217 Å². The lowest BCUT2D eigenvalue weighted by atomic mass is 9.91. The average molecular weight is 493 g/mol. The van der Waals surface area contributed by atoms with Gasteiger partial charge < -0.3 is 21.3 Å². The number of hydrogen-bond acceptors (Lipinski definition) is 4. The van der Waals surface area contributed by atoms with Crippen LogP contribution in [0.1, 0.15) is 51.7 Å². The summed E-state index contributed by atoms with van der Waals surface area (Å²) in [6.07, 6.45) is 1.78. The predicted octanol–water partition coefficient (Wildman–Crippen LogP) is 3.54. The van der Waals surface area contributed by atoms with E-state index < -0.39 is 0 Å². The van der Waals surface area contributed by atoms with E-state index in [0.29, 0.717) is 24.9 Å². The standard InChI is InChI=1S/2C15H22N2O/c2*1-3-17(4-2)14(18)15(10-13(15)11-16)12-8-6-5-7-9-12/h2*5-9,13H,3-4,10-11,16H2,1-2H3/t2*13-,15+/m11/s1. The second kappa shape index (κ2) is 12.0. The fourth-order valence-electron chi connectivity index (χ4n) is 5.76. The predicted molar refractivity (Wildman–Crippen MR) is 146 cm³/mol. The van der Waals surface area contributed by atoms with E-state index in [1.807, 2.05) is 73.9 Å². The lowest BCUT2D eigenvalue weighted by Gasteiger charge is -2.26. The zero-order valence-electron chi connectivity index (χ0n) is 22.5. The van der Waals surface area contributed by atoms with Crippen molar-refractivity contribution in [3.05, 3.63) is 71.8 Å². The monoisotopic (exact) mass is 492 g/mol. The summed E-state index contributed by atoms with van der Waals surface area (Å²) < 4.78 is 0. The molecule has 0 aromatic heterocycles. The summed E-state index contributed by atoms with van der Waals surface area (Å²) in [6.45, 7) is 12.3. The van der Waals surface area contributed by atoms with Crippen molar-refractivity contribution in [2.75, 3.05) is 39.3 Å². The zero-order chi connectivity index (χ0) is 26.3. The Morgan fingerprint density at radius 1 is 0.667 bits per heavy atom. The van der Waals surface area contributed by atoms with Crippen LogP contribution in [0.2, 0.25) is 0 Å². The van der Waals surface area contributed by atoms with Gasteiger partial charge in [0.15, 0.2) is 0 Å². The number of likely N-dealkylation sites (N-methyl/N-ethyl adjacent to an activating group) is 2. The van der Waals surface area contributed by atoms with Gasteiger partial charge in [0.25, 0.3) is 0 Å². The first-order valence-electron chi connectivity index (χ1n) is 13.5. The first-order chi connectivity index (χ1) is 17.4. The second-order valence-corrected chi connectivity index (χ2v) is 9.90. The van der Waals surface area contributed by atoms with Crippen molar-refractivity contribution in [1.29, 1.82) is 0 Å². The molecule has 2 aromatic carbocycles. The molecular formula is C30H44N4O2. The molecule has 2 fully saturated rings. The molecular weight excluding hydrogens is 448 g/mol. The summed E-state index contributed by atoms with van der Waals surface area (Å²) in [5.41, 5.74) is 13.1. The van der Waals surface area contributed by atoms with E-state index in [1.165, 1.54) is 0 Å². The number of nitrogens with zero attached hydrogens (tertiary/aromatic N) is 2. The summed E-state index contributed by atoms with van der Waals surface area (Å²) in [5.74, 6) is 1.09. The van der Waals surface area contributed by atoms with Gasteiger partial charge in [-0.25, -0.2) is 0 Å². The molecule has 2 aromatic rings. The normalized spacial score (nSPS) is 25.8. The van der Waals surface area contributed by atoms with Gasteiger partial charge in [0, 0.05) is 26.2 Å². The third kappa shape index (κ3) is 5.07. The molecule has 0 saturated heterocycles. The van der Waals surface area contributed by atoms with E-state index >= 15 is 0 Å². The van der Waals surface area contributed by atoms with E-state index in [4.69, 9.17) is 11.5 Å². The maximum atomic E-state index is 12.7. The van der Waals surface area contributed by atoms with Gasteiger partial charge in [-0.15, -0.1) is 0 Å². The van der Waals surface area contributed by atoms with Crippen molar-refractivity contribution in [2.24, 2.45) is 23.3 Å². The minimum atomic E-state index is -0.345. The van der Waals surface area contributed by atoms with Crippen molar-refractivity contribution in [3.63, 3.8) is 0 Å². The minimum Gasteiger partial charge on any atom is -0.342 e. The third-order valence-corrected chi connectivity index (χ3v) is 8.22. The molecule has 2 amide bonds. The zero-order valence-corrected chi connectivity index (χ0v) is 22.5. The van der Waals surface area contributed by atoms with Gasteiger partial charge in [0.1, 0.15) is 0 Å². The SMILES string of the molecule is CCN(CC)C(=O)[C@]1(c2ccccc2)C[C@@H]1CN.CCN(CC)C(=O)[C@]1(c2ccccc2)C[C@@H]1CN. The van der Waals surface area contributed by atoms with Crippen LogP contribution in [0.5, 0.6) is 0 Å². The highest BCUT2D eigenvalue weighted by Crippen LogP contribution is 2.55. The van der Waals surface area contributed by atoms with Crippen LogP contribution in [0.4, 0.5) is 0 Å². The van der Waals surface area contributed by atoms with Crippen LogP contribution < -0.4 is 11.5 Å². The Balaban J connectivity index is 0.000000201. The fourth-order valence-corrected chi connectivity index (χ4v) is 5.76. The quantitative estimate of drug-likeness (QED) is 0.531. The molecule has 6 heteroatoms. The summed E-state index contributed by atoms with van der Waals surface area (Å²) in [7, 11) is 0. The number of benzene rings is 2. The van der Waals surface area contributed by atoms with Crippen LogP contribution in [-0.2, 0) is 20.4 Å². The molecule has 2 aliphatic carbocycles. The van der Waals surface area contributed by atoms with Gasteiger partial charge in [-0.2, -0.15) is 0 Å². The Bertz CT molecular complexity index is 909. The first kappa shape index (κ1) is 27.9. The average Bonchev–Trinajstić information content (AvgIpc) is 3.85. The Morgan fingerprint density at radius 3 is 1.19 bits per heavy atom. The maximum Gasteiger partial charge on any atom is 0.233 e. The molecule has 4 rings (SSSR count). The van der Waals surface area contributed by atoms with Crippen LogP contribution in [-0.4, -0.2) is 60.9 Å². The fraction of sp³-hybridized carbons (Fsp3) is 0.533. The highest BCUT2D eigenvalue weighted by Gasteiger charge is 2.61. The molecule has 36 heavy (non-hydrogen) atoms. The van der Waals surface area contributed by atoms with Gasteiger partial charge >= 0.3 is 0 Å². The Morgan fingerprint density at radius 2 is 0.972 bits per heavy atom. The van der Waals surface area contributed by atoms with E-state index in [0.717, 1.165) is 50.1 Å². The molecule has 0 aliphatic heterocycles. The molecule has 0 unspecified atom stereocenters. The van der Waals surface area contributed by atoms with Crippen molar-refractivity contribution >= 4 is 11.8 Å². The minimum absolute atomic E-state index is 0.245. The van der Waals surface area contributed by atoms with E-state index in [1.54, 1.807) is 0 Å². The lowest BCUT2D eigenvalue weighted by molar-refractivity contribution is -0.134. The van der Waals surface area contributed by atoms with Gasteiger partial charge in [-0.3, -0.25) is 9.59 Å². The molecule has 0 bridgehead atoms. The first-order valence-corrected chi connectivity index (χ1v) is 13.5. The number of amides is 2. The van der Waals surface area contributed by atoms with E-state index in [9.17, 15) is 9.59 Å². The van der Waals surface area contributed by atoms with Crippen molar-refractivity contribution in [2.45, 2.75) is 51.4 Å². The number of carbonyl (C=O) groups excluding carboxylic acids is 2. The number of rotatable bonds is 10. The molecule has 2 aliphatic rings. The van der Waals surface area contributed by atoms with Crippen LogP contribution in [0.3, 0.4) is 0 Å². The Kier molecular flexibility index (Phi) is 9.31. The second-order valence-electron chi connectivity index (χ2n) is 9.90. The number of hydrogen-bond donors (Lipinski definition) is 2. The largest absolute Gasteiger partial charge is 0.342 e. The molecule has 0 radical (unpaired) electrons. The van der Waals surface area contributed by atoms with Crippen LogP contribution >= 0.6 is 0 Å². The molecule has 6 nitrogen and oxygen atoms in total. The summed E-state index contributed by atoms with van der Waals surface area (Å²) >= 11 is 0. The molecule has 4 N–H and O–H groups in total. The van der Waals surface area contributed by atoms with E-state index in [-0.39, 0.29) is 22.6 Å². The van der Waals surface area contributed by atoms with Gasteiger partial charge in [0.2, 0.25) is 11.8 Å². The van der Waals surface area contributed by atoms with Crippen LogP contribution in [0.15, 0.2) is 60.7 Å². The van der Waals surface area contributed by atoms with Gasteiger partial charge in [-0.1, -0.05) is 60.7 Å². The van der Waals surface area contributed by atoms with Crippen molar-refractivity contribution in [1.82, 2.24) is 9.80 Å². The van der Waals surface area contributed by atoms with Gasteiger partial charge in [-0.05, 0) is 76.6 Å². The molecule has 2 saturated carbocycles. The lowest BCUT2D eigenvalue weighted by Crippen LogP contribution is -2.40. The molecule has 0 spiro atoms. The smallest absolute Gasteiger partial charge is 0.233 e. The van der Waals surface area contributed by atoms with Crippen molar-refractivity contribution < 1.29 is 9.59 Å².